The van der Waals surface area contributed by atoms with Crippen molar-refractivity contribution in [2.45, 2.75) is 39.3 Å². The van der Waals surface area contributed by atoms with E-state index in [2.05, 4.69) is 5.32 Å². The smallest absolute Gasteiger partial charge is 0.223 e. The summed E-state index contributed by atoms with van der Waals surface area (Å²) in [7, 11) is 0. The molecule has 3 N–H and O–H groups in total. The fraction of sp³-hybridized carbons (Fsp3) is 0.500. The molecule has 0 aromatic heterocycles. The maximum absolute atomic E-state index is 11.4. The van der Waals surface area contributed by atoms with Gasteiger partial charge in [0.1, 0.15) is 5.75 Å². The summed E-state index contributed by atoms with van der Waals surface area (Å²) in [5.74, 6) is 0.760. The second kappa shape index (κ2) is 7.01. The van der Waals surface area contributed by atoms with Crippen LogP contribution in [0.5, 0.6) is 5.75 Å². The zero-order valence-electron chi connectivity index (χ0n) is 11.3. The molecule has 0 aliphatic rings. The van der Waals surface area contributed by atoms with Crippen LogP contribution in [0.15, 0.2) is 24.3 Å². The molecule has 0 fully saturated rings. The largest absolute Gasteiger partial charge is 0.493 e. The molecule has 1 aromatic carbocycles. The molecule has 1 aromatic rings. The quantitative estimate of drug-likeness (QED) is 0.811. The van der Waals surface area contributed by atoms with E-state index in [4.69, 9.17) is 10.5 Å². The first-order chi connectivity index (χ1) is 8.49. The van der Waals surface area contributed by atoms with Crippen LogP contribution in [-0.2, 0) is 4.79 Å². The molecule has 0 radical (unpaired) electrons. The van der Waals surface area contributed by atoms with Gasteiger partial charge in [-0.3, -0.25) is 4.79 Å². The van der Waals surface area contributed by atoms with Crippen LogP contribution in [0.25, 0.3) is 0 Å². The number of hydrogen-bond acceptors (Lipinski definition) is 3. The lowest BCUT2D eigenvalue weighted by molar-refractivity contribution is -0.122. The van der Waals surface area contributed by atoms with Gasteiger partial charge in [-0.05, 0) is 38.5 Å². The first-order valence-electron chi connectivity index (χ1n) is 6.26. The van der Waals surface area contributed by atoms with Gasteiger partial charge in [0.25, 0.3) is 0 Å². The number of ether oxygens (including phenoxy) is 1. The van der Waals surface area contributed by atoms with E-state index in [1.165, 1.54) is 0 Å². The van der Waals surface area contributed by atoms with Crippen molar-refractivity contribution < 1.29 is 9.53 Å². The van der Waals surface area contributed by atoms with Crippen molar-refractivity contribution in [2.75, 3.05) is 6.61 Å². The highest BCUT2D eigenvalue weighted by Gasteiger charge is 2.04. The second-order valence-corrected chi connectivity index (χ2v) is 4.68. The van der Waals surface area contributed by atoms with Crippen LogP contribution < -0.4 is 15.8 Å². The Bertz CT molecular complexity index is 389. The van der Waals surface area contributed by atoms with Crippen LogP contribution in [0, 0.1) is 0 Å². The summed E-state index contributed by atoms with van der Waals surface area (Å²) >= 11 is 0. The average molecular weight is 250 g/mol. The molecule has 1 amide bonds. The third-order valence-corrected chi connectivity index (χ3v) is 2.43. The molecule has 1 atom stereocenters. The topological polar surface area (TPSA) is 64.3 Å². The molecule has 0 bridgehead atoms. The number of carbonyl (C=O) groups excluding carboxylic acids is 1. The van der Waals surface area contributed by atoms with E-state index in [0.717, 1.165) is 11.3 Å². The monoisotopic (exact) mass is 250 g/mol. The number of amides is 1. The lowest BCUT2D eigenvalue weighted by Gasteiger charge is -2.11. The third-order valence-electron chi connectivity index (χ3n) is 2.43. The van der Waals surface area contributed by atoms with Crippen molar-refractivity contribution in [1.29, 1.82) is 0 Å². The van der Waals surface area contributed by atoms with Gasteiger partial charge in [0.05, 0.1) is 13.0 Å². The number of hydrogen-bond donors (Lipinski definition) is 2. The Morgan fingerprint density at radius 3 is 2.72 bits per heavy atom. The SMILES string of the molecule is CC(C)NC(=O)CCOc1cccc([C@H](C)N)c1. The van der Waals surface area contributed by atoms with Gasteiger partial charge in [-0.25, -0.2) is 0 Å². The maximum Gasteiger partial charge on any atom is 0.223 e. The van der Waals surface area contributed by atoms with E-state index in [0.29, 0.717) is 13.0 Å². The molecule has 1 rings (SSSR count). The van der Waals surface area contributed by atoms with Crippen molar-refractivity contribution in [3.05, 3.63) is 29.8 Å². The summed E-state index contributed by atoms with van der Waals surface area (Å²) < 4.78 is 5.53. The summed E-state index contributed by atoms with van der Waals surface area (Å²) in [5, 5.41) is 2.82. The Kier molecular flexibility index (Phi) is 5.65. The van der Waals surface area contributed by atoms with Crippen LogP contribution in [0.4, 0.5) is 0 Å². The number of rotatable bonds is 6. The molecule has 100 valence electrons. The van der Waals surface area contributed by atoms with Crippen LogP contribution in [-0.4, -0.2) is 18.6 Å². The highest BCUT2D eigenvalue weighted by Crippen LogP contribution is 2.17. The number of nitrogens with two attached hydrogens (primary N) is 1. The first kappa shape index (κ1) is 14.5. The number of carbonyl (C=O) groups is 1. The molecule has 0 unspecified atom stereocenters. The zero-order valence-corrected chi connectivity index (χ0v) is 11.3. The van der Waals surface area contributed by atoms with Crippen LogP contribution >= 0.6 is 0 Å². The van der Waals surface area contributed by atoms with E-state index in [1.54, 1.807) is 0 Å². The summed E-state index contributed by atoms with van der Waals surface area (Å²) in [4.78, 5) is 11.4. The fourth-order valence-corrected chi connectivity index (χ4v) is 1.54. The average Bonchev–Trinajstić information content (AvgIpc) is 2.28. The van der Waals surface area contributed by atoms with Gasteiger partial charge in [0, 0.05) is 12.1 Å². The number of nitrogens with one attached hydrogen (secondary N) is 1. The molecule has 0 spiro atoms. The van der Waals surface area contributed by atoms with Crippen LogP contribution in [0.1, 0.15) is 38.8 Å². The molecule has 0 aliphatic carbocycles. The Balaban J connectivity index is 2.39. The predicted molar refractivity (Wildman–Crippen MR) is 72.4 cm³/mol. The molecule has 18 heavy (non-hydrogen) atoms. The normalized spacial score (nSPS) is 12.3. The minimum Gasteiger partial charge on any atom is -0.493 e. The first-order valence-corrected chi connectivity index (χ1v) is 6.26. The van der Waals surface area contributed by atoms with Gasteiger partial charge in [-0.1, -0.05) is 12.1 Å². The summed E-state index contributed by atoms with van der Waals surface area (Å²) in [6.45, 7) is 6.17. The van der Waals surface area contributed by atoms with Gasteiger partial charge >= 0.3 is 0 Å². The minimum atomic E-state index is -0.0159. The van der Waals surface area contributed by atoms with E-state index in [1.807, 2.05) is 45.0 Å². The van der Waals surface area contributed by atoms with Crippen molar-refractivity contribution in [2.24, 2.45) is 5.73 Å². The van der Waals surface area contributed by atoms with Gasteiger partial charge in [-0.15, -0.1) is 0 Å². The maximum atomic E-state index is 11.4. The molecule has 0 saturated carbocycles. The van der Waals surface area contributed by atoms with E-state index in [9.17, 15) is 4.79 Å². The summed E-state index contributed by atoms with van der Waals surface area (Å²) in [5.41, 5.74) is 6.82. The Labute approximate surface area is 109 Å². The lowest BCUT2D eigenvalue weighted by Crippen LogP contribution is -2.31. The van der Waals surface area contributed by atoms with Gasteiger partial charge < -0.3 is 15.8 Å². The van der Waals surface area contributed by atoms with Crippen molar-refractivity contribution in [1.82, 2.24) is 5.32 Å². The lowest BCUT2D eigenvalue weighted by atomic mass is 10.1. The van der Waals surface area contributed by atoms with E-state index in [-0.39, 0.29) is 18.0 Å². The highest BCUT2D eigenvalue weighted by atomic mass is 16.5. The molecular formula is C14H22N2O2. The summed E-state index contributed by atoms with van der Waals surface area (Å²) in [6.07, 6.45) is 0.362. The van der Waals surface area contributed by atoms with Gasteiger partial charge in [0.2, 0.25) is 5.91 Å². The van der Waals surface area contributed by atoms with Crippen molar-refractivity contribution in [3.8, 4) is 5.75 Å². The van der Waals surface area contributed by atoms with Crippen LogP contribution in [0.2, 0.25) is 0 Å². The molecule has 4 nitrogen and oxygen atoms in total. The van der Waals surface area contributed by atoms with E-state index < -0.39 is 0 Å². The highest BCUT2D eigenvalue weighted by molar-refractivity contribution is 5.76. The summed E-state index contributed by atoms with van der Waals surface area (Å²) in [6, 6.07) is 7.79. The third kappa shape index (κ3) is 5.19. The molecular weight excluding hydrogens is 228 g/mol. The Morgan fingerprint density at radius 2 is 2.11 bits per heavy atom. The molecule has 0 heterocycles. The minimum absolute atomic E-state index is 0.00773. The standard InChI is InChI=1S/C14H22N2O2/c1-10(2)16-14(17)7-8-18-13-6-4-5-12(9-13)11(3)15/h4-6,9-11H,7-8,15H2,1-3H3,(H,16,17)/t11-/m0/s1. The van der Waals surface area contributed by atoms with Crippen molar-refractivity contribution >= 4 is 5.91 Å². The second-order valence-electron chi connectivity index (χ2n) is 4.68. The van der Waals surface area contributed by atoms with Gasteiger partial charge in [0.15, 0.2) is 0 Å². The predicted octanol–water partition coefficient (Wildman–Crippen LogP) is 2.00. The van der Waals surface area contributed by atoms with Crippen LogP contribution in [0.3, 0.4) is 0 Å². The molecule has 4 heteroatoms. The Hall–Kier alpha value is -1.55. The van der Waals surface area contributed by atoms with Gasteiger partial charge in [-0.2, -0.15) is 0 Å². The van der Waals surface area contributed by atoms with Crippen molar-refractivity contribution in [3.63, 3.8) is 0 Å². The Morgan fingerprint density at radius 1 is 1.39 bits per heavy atom. The number of benzene rings is 1. The molecule has 0 aliphatic heterocycles. The zero-order chi connectivity index (χ0) is 13.5. The fourth-order valence-electron chi connectivity index (χ4n) is 1.54. The van der Waals surface area contributed by atoms with E-state index >= 15 is 0 Å². The molecule has 0 saturated heterocycles.